The van der Waals surface area contributed by atoms with Crippen LogP contribution in [0, 0.1) is 0 Å². The fourth-order valence-corrected chi connectivity index (χ4v) is 1.74. The van der Waals surface area contributed by atoms with Crippen molar-refractivity contribution in [3.63, 3.8) is 0 Å². The first-order valence-corrected chi connectivity index (χ1v) is 5.55. The van der Waals surface area contributed by atoms with E-state index in [4.69, 9.17) is 0 Å². The van der Waals surface area contributed by atoms with E-state index in [0.717, 1.165) is 24.0 Å². The smallest absolute Gasteiger partial charge is 0.0684 e. The highest BCUT2D eigenvalue weighted by Crippen LogP contribution is 2.22. The van der Waals surface area contributed by atoms with Crippen LogP contribution in [-0.4, -0.2) is 15.8 Å². The molecule has 0 amide bonds. The molecular weight excluding hydrogens is 188 g/mol. The van der Waals surface area contributed by atoms with Crippen LogP contribution in [0.1, 0.15) is 37.8 Å². The second-order valence-electron chi connectivity index (χ2n) is 4.04. The SMILES string of the molecule is CCC(O)(CC)Cc1ccccc1CO. The number of rotatable bonds is 5. The van der Waals surface area contributed by atoms with Gasteiger partial charge >= 0.3 is 0 Å². The molecule has 84 valence electrons. The molecule has 2 nitrogen and oxygen atoms in total. The van der Waals surface area contributed by atoms with Gasteiger partial charge in [-0.05, 0) is 24.0 Å². The Labute approximate surface area is 91.6 Å². The van der Waals surface area contributed by atoms with Gasteiger partial charge in [0.15, 0.2) is 0 Å². The number of hydrogen-bond donors (Lipinski definition) is 2. The first-order valence-electron chi connectivity index (χ1n) is 5.55. The van der Waals surface area contributed by atoms with Gasteiger partial charge in [-0.2, -0.15) is 0 Å². The van der Waals surface area contributed by atoms with Gasteiger partial charge in [0.05, 0.1) is 12.2 Å². The summed E-state index contributed by atoms with van der Waals surface area (Å²) < 4.78 is 0. The molecule has 0 aliphatic heterocycles. The molecule has 0 aliphatic carbocycles. The molecule has 2 N–H and O–H groups in total. The molecule has 0 unspecified atom stereocenters. The van der Waals surface area contributed by atoms with Crippen molar-refractivity contribution >= 4 is 0 Å². The molecule has 1 aromatic rings. The molecule has 15 heavy (non-hydrogen) atoms. The van der Waals surface area contributed by atoms with Crippen molar-refractivity contribution in [1.29, 1.82) is 0 Å². The predicted octanol–water partition coefficient (Wildman–Crippen LogP) is 2.27. The maximum Gasteiger partial charge on any atom is 0.0684 e. The zero-order valence-corrected chi connectivity index (χ0v) is 9.53. The topological polar surface area (TPSA) is 40.5 Å². The first-order chi connectivity index (χ1) is 7.15. The number of hydrogen-bond acceptors (Lipinski definition) is 2. The van der Waals surface area contributed by atoms with Crippen molar-refractivity contribution in [3.8, 4) is 0 Å². The van der Waals surface area contributed by atoms with E-state index < -0.39 is 5.60 Å². The van der Waals surface area contributed by atoms with Gasteiger partial charge in [0.2, 0.25) is 0 Å². The standard InChI is InChI=1S/C13H20O2/c1-3-13(15,4-2)9-11-7-5-6-8-12(11)10-14/h5-8,14-15H,3-4,9-10H2,1-2H3. The summed E-state index contributed by atoms with van der Waals surface area (Å²) in [6.45, 7) is 4.02. The third kappa shape index (κ3) is 3.05. The number of benzene rings is 1. The Balaban J connectivity index is 2.87. The third-order valence-corrected chi connectivity index (χ3v) is 3.12. The minimum atomic E-state index is -0.634. The molecule has 0 saturated heterocycles. The van der Waals surface area contributed by atoms with Crippen molar-refractivity contribution in [2.24, 2.45) is 0 Å². The van der Waals surface area contributed by atoms with E-state index in [2.05, 4.69) is 0 Å². The second kappa shape index (κ2) is 5.29. The van der Waals surface area contributed by atoms with Crippen molar-refractivity contribution in [3.05, 3.63) is 35.4 Å². The largest absolute Gasteiger partial charge is 0.392 e. The summed E-state index contributed by atoms with van der Waals surface area (Å²) in [5.41, 5.74) is 1.33. The third-order valence-electron chi connectivity index (χ3n) is 3.12. The molecule has 0 spiro atoms. The van der Waals surface area contributed by atoms with Crippen LogP contribution in [0.3, 0.4) is 0 Å². The molecule has 0 radical (unpaired) electrons. The fraction of sp³-hybridized carbons (Fsp3) is 0.538. The Morgan fingerprint density at radius 1 is 1.07 bits per heavy atom. The van der Waals surface area contributed by atoms with Crippen molar-refractivity contribution in [2.75, 3.05) is 0 Å². The Bertz CT molecular complexity index is 303. The lowest BCUT2D eigenvalue weighted by atomic mass is 9.88. The van der Waals surface area contributed by atoms with Crippen LogP contribution in [0.5, 0.6) is 0 Å². The van der Waals surface area contributed by atoms with Crippen LogP contribution in [-0.2, 0) is 13.0 Å². The summed E-state index contributed by atoms with van der Waals surface area (Å²) >= 11 is 0. The van der Waals surface area contributed by atoms with Gasteiger partial charge < -0.3 is 10.2 Å². The van der Waals surface area contributed by atoms with E-state index in [-0.39, 0.29) is 6.61 Å². The van der Waals surface area contributed by atoms with Crippen molar-refractivity contribution < 1.29 is 10.2 Å². The lowest BCUT2D eigenvalue weighted by Gasteiger charge is -2.26. The zero-order valence-electron chi connectivity index (χ0n) is 9.53. The van der Waals surface area contributed by atoms with E-state index in [1.165, 1.54) is 0 Å². The van der Waals surface area contributed by atoms with E-state index in [1.807, 2.05) is 38.1 Å². The molecule has 0 bridgehead atoms. The molecule has 1 rings (SSSR count). The molecule has 1 aromatic carbocycles. The Morgan fingerprint density at radius 2 is 1.60 bits per heavy atom. The van der Waals surface area contributed by atoms with E-state index >= 15 is 0 Å². The fourth-order valence-electron chi connectivity index (χ4n) is 1.74. The molecule has 2 heteroatoms. The van der Waals surface area contributed by atoms with Crippen molar-refractivity contribution in [2.45, 2.75) is 45.3 Å². The van der Waals surface area contributed by atoms with Gasteiger partial charge in [0.1, 0.15) is 0 Å². The summed E-state index contributed by atoms with van der Waals surface area (Å²) in [6, 6.07) is 7.73. The van der Waals surface area contributed by atoms with Crippen LogP contribution in [0.2, 0.25) is 0 Å². The van der Waals surface area contributed by atoms with Gasteiger partial charge in [0.25, 0.3) is 0 Å². The summed E-state index contributed by atoms with van der Waals surface area (Å²) in [4.78, 5) is 0. The molecule has 0 atom stereocenters. The predicted molar refractivity (Wildman–Crippen MR) is 61.6 cm³/mol. The number of aliphatic hydroxyl groups excluding tert-OH is 1. The van der Waals surface area contributed by atoms with E-state index in [1.54, 1.807) is 0 Å². The lowest BCUT2D eigenvalue weighted by Crippen LogP contribution is -2.29. The molecule has 0 saturated carbocycles. The summed E-state index contributed by atoms with van der Waals surface area (Å²) in [5, 5.41) is 19.4. The maximum absolute atomic E-state index is 10.2. The van der Waals surface area contributed by atoms with Gasteiger partial charge in [0, 0.05) is 6.42 Å². The molecule has 0 fully saturated rings. The molecule has 0 heterocycles. The lowest BCUT2D eigenvalue weighted by molar-refractivity contribution is 0.0322. The average molecular weight is 208 g/mol. The quantitative estimate of drug-likeness (QED) is 0.779. The van der Waals surface area contributed by atoms with Crippen molar-refractivity contribution in [1.82, 2.24) is 0 Å². The van der Waals surface area contributed by atoms with E-state index in [0.29, 0.717) is 6.42 Å². The highest BCUT2D eigenvalue weighted by atomic mass is 16.3. The summed E-state index contributed by atoms with van der Waals surface area (Å²) in [6.07, 6.45) is 2.10. The van der Waals surface area contributed by atoms with Crippen LogP contribution >= 0.6 is 0 Å². The highest BCUT2D eigenvalue weighted by Gasteiger charge is 2.23. The van der Waals surface area contributed by atoms with Crippen LogP contribution in [0.15, 0.2) is 24.3 Å². The highest BCUT2D eigenvalue weighted by molar-refractivity contribution is 5.27. The minimum Gasteiger partial charge on any atom is -0.392 e. The summed E-state index contributed by atoms with van der Waals surface area (Å²) in [7, 11) is 0. The van der Waals surface area contributed by atoms with E-state index in [9.17, 15) is 10.2 Å². The Hall–Kier alpha value is -0.860. The van der Waals surface area contributed by atoms with Gasteiger partial charge in [-0.25, -0.2) is 0 Å². The molecule has 0 aliphatic rings. The summed E-state index contributed by atoms with van der Waals surface area (Å²) in [5.74, 6) is 0. The maximum atomic E-state index is 10.2. The molecular formula is C13H20O2. The average Bonchev–Trinajstić information content (AvgIpc) is 2.29. The van der Waals surface area contributed by atoms with Gasteiger partial charge in [-0.15, -0.1) is 0 Å². The zero-order chi connectivity index (χ0) is 11.3. The van der Waals surface area contributed by atoms with Gasteiger partial charge in [-0.3, -0.25) is 0 Å². The normalized spacial score (nSPS) is 11.7. The minimum absolute atomic E-state index is 0.0414. The second-order valence-corrected chi connectivity index (χ2v) is 4.04. The number of aliphatic hydroxyl groups is 2. The van der Waals surface area contributed by atoms with Crippen LogP contribution < -0.4 is 0 Å². The van der Waals surface area contributed by atoms with Gasteiger partial charge in [-0.1, -0.05) is 38.1 Å². The Morgan fingerprint density at radius 3 is 2.07 bits per heavy atom. The van der Waals surface area contributed by atoms with Crippen LogP contribution in [0.25, 0.3) is 0 Å². The monoisotopic (exact) mass is 208 g/mol. The molecule has 0 aromatic heterocycles. The first kappa shape index (κ1) is 12.2. The Kier molecular flexibility index (Phi) is 4.30. The van der Waals surface area contributed by atoms with Crippen LogP contribution in [0.4, 0.5) is 0 Å².